The molecule has 2 rings (SSSR count). The van der Waals surface area contributed by atoms with E-state index in [0.29, 0.717) is 6.42 Å². The number of amides is 1. The smallest absolute Gasteiger partial charge is 0.410 e. The lowest BCUT2D eigenvalue weighted by Crippen LogP contribution is -2.52. The molecule has 1 amide bonds. The lowest BCUT2D eigenvalue weighted by atomic mass is 9.85. The molecule has 1 atom stereocenters. The number of carbonyl (C=O) groups excluding carboxylic acids is 1. The number of hydrogen-bond donors (Lipinski definition) is 0. The van der Waals surface area contributed by atoms with Crippen LogP contribution in [0.5, 0.6) is 0 Å². The van der Waals surface area contributed by atoms with Gasteiger partial charge in [-0.25, -0.2) is 4.79 Å². The van der Waals surface area contributed by atoms with Crippen molar-refractivity contribution in [1.82, 2.24) is 4.90 Å². The van der Waals surface area contributed by atoms with Crippen molar-refractivity contribution in [2.24, 2.45) is 0 Å². The summed E-state index contributed by atoms with van der Waals surface area (Å²) in [4.78, 5) is 24.6. The molecule has 0 N–H and O–H groups in total. The first-order valence-corrected chi connectivity index (χ1v) is 7.96. The molecule has 0 saturated heterocycles. The van der Waals surface area contributed by atoms with Crippen molar-refractivity contribution in [2.45, 2.75) is 38.8 Å². The van der Waals surface area contributed by atoms with Gasteiger partial charge in [0.1, 0.15) is 0 Å². The Labute approximate surface area is 143 Å². The first-order valence-electron chi connectivity index (χ1n) is 7.17. The van der Waals surface area contributed by atoms with Crippen LogP contribution < -0.4 is 0 Å². The molecule has 124 valence electrons. The third kappa shape index (κ3) is 3.10. The Morgan fingerprint density at radius 1 is 1.48 bits per heavy atom. The fraction of sp³-hybridized carbons (Fsp3) is 0.438. The lowest BCUT2D eigenvalue weighted by molar-refractivity contribution is -0.385. The van der Waals surface area contributed by atoms with E-state index in [0.717, 1.165) is 15.6 Å². The van der Waals surface area contributed by atoms with Crippen molar-refractivity contribution in [2.75, 3.05) is 7.11 Å². The summed E-state index contributed by atoms with van der Waals surface area (Å²) >= 11 is 3.57. The van der Waals surface area contributed by atoms with Crippen molar-refractivity contribution < 1.29 is 14.5 Å². The number of hydrogen-bond acceptors (Lipinski definition) is 4. The van der Waals surface area contributed by atoms with Gasteiger partial charge in [-0.1, -0.05) is 33.6 Å². The maximum atomic E-state index is 12.4. The van der Waals surface area contributed by atoms with Gasteiger partial charge in [-0.15, -0.1) is 0 Å². The second-order valence-corrected chi connectivity index (χ2v) is 6.86. The summed E-state index contributed by atoms with van der Waals surface area (Å²) in [5, 5.41) is 11.0. The van der Waals surface area contributed by atoms with Gasteiger partial charge in [0, 0.05) is 16.6 Å². The van der Waals surface area contributed by atoms with Gasteiger partial charge in [-0.05, 0) is 32.8 Å². The molecule has 1 aliphatic rings. The molecule has 0 radical (unpaired) electrons. The molecule has 0 aliphatic carbocycles. The van der Waals surface area contributed by atoms with Crippen LogP contribution in [0.4, 0.5) is 10.5 Å². The molecule has 1 aromatic carbocycles. The van der Waals surface area contributed by atoms with Crippen LogP contribution in [0, 0.1) is 10.1 Å². The Kier molecular flexibility index (Phi) is 4.79. The van der Waals surface area contributed by atoms with Crippen LogP contribution in [0.1, 0.15) is 38.8 Å². The minimum atomic E-state index is -0.606. The maximum absolute atomic E-state index is 12.4. The fourth-order valence-corrected chi connectivity index (χ4v) is 3.41. The third-order valence-electron chi connectivity index (χ3n) is 4.16. The van der Waals surface area contributed by atoms with E-state index in [4.69, 9.17) is 4.74 Å². The zero-order valence-electron chi connectivity index (χ0n) is 13.5. The summed E-state index contributed by atoms with van der Waals surface area (Å²) in [5.41, 5.74) is 1.23. The van der Waals surface area contributed by atoms with Gasteiger partial charge in [0.15, 0.2) is 0 Å². The van der Waals surface area contributed by atoms with E-state index in [1.807, 2.05) is 20.8 Å². The number of nitrogens with zero attached hydrogens (tertiary/aromatic N) is 2. The molecule has 1 heterocycles. The number of nitro benzene ring substituents is 1. The topological polar surface area (TPSA) is 72.7 Å². The van der Waals surface area contributed by atoms with Gasteiger partial charge >= 0.3 is 6.09 Å². The first-order chi connectivity index (χ1) is 10.7. The van der Waals surface area contributed by atoms with Crippen molar-refractivity contribution >= 4 is 27.7 Å². The number of nitro groups is 1. The predicted octanol–water partition coefficient (Wildman–Crippen LogP) is 4.56. The van der Waals surface area contributed by atoms with Crippen molar-refractivity contribution in [3.63, 3.8) is 0 Å². The molecule has 23 heavy (non-hydrogen) atoms. The summed E-state index contributed by atoms with van der Waals surface area (Å²) in [5.74, 6) is 0. The minimum absolute atomic E-state index is 0.0105. The molecule has 0 saturated carbocycles. The average molecular weight is 383 g/mol. The molecular formula is C16H19BrN2O4. The van der Waals surface area contributed by atoms with Crippen LogP contribution in [0.25, 0.3) is 0 Å². The molecular weight excluding hydrogens is 364 g/mol. The Hall–Kier alpha value is -1.89. The number of carbonyl (C=O) groups is 1. The average Bonchev–Trinajstić information content (AvgIpc) is 2.51. The number of ether oxygens (including phenoxy) is 1. The summed E-state index contributed by atoms with van der Waals surface area (Å²) < 4.78 is 5.88. The molecule has 0 bridgehead atoms. The summed E-state index contributed by atoms with van der Waals surface area (Å²) in [6.07, 6.45) is 0.122. The number of benzene rings is 1. The van der Waals surface area contributed by atoms with Crippen LogP contribution in [0.2, 0.25) is 0 Å². The molecule has 0 aromatic heterocycles. The fourth-order valence-electron chi connectivity index (χ4n) is 3.05. The summed E-state index contributed by atoms with van der Waals surface area (Å²) in [6, 6.07) is 6.08. The highest BCUT2D eigenvalue weighted by atomic mass is 79.9. The van der Waals surface area contributed by atoms with E-state index in [2.05, 4.69) is 15.9 Å². The largest absolute Gasteiger partial charge is 0.453 e. The van der Waals surface area contributed by atoms with Crippen LogP contribution >= 0.6 is 15.9 Å². The van der Waals surface area contributed by atoms with Crippen LogP contribution in [0.15, 0.2) is 34.3 Å². The van der Waals surface area contributed by atoms with E-state index >= 15 is 0 Å². The highest BCUT2D eigenvalue weighted by Gasteiger charge is 2.44. The molecule has 1 unspecified atom stereocenters. The SMILES string of the molecule is COC(=O)N1C(c2cccc([N+](=O)[O-])c2)CC(C)=C(Br)C1(C)C. The number of halogens is 1. The molecule has 6 nitrogen and oxygen atoms in total. The molecule has 0 spiro atoms. The minimum Gasteiger partial charge on any atom is -0.453 e. The predicted molar refractivity (Wildman–Crippen MR) is 90.4 cm³/mol. The zero-order valence-corrected chi connectivity index (χ0v) is 15.1. The summed E-state index contributed by atoms with van der Waals surface area (Å²) in [7, 11) is 1.34. The monoisotopic (exact) mass is 382 g/mol. The van der Waals surface area contributed by atoms with Crippen LogP contribution in [-0.2, 0) is 4.74 Å². The lowest BCUT2D eigenvalue weighted by Gasteiger charge is -2.47. The Morgan fingerprint density at radius 3 is 2.70 bits per heavy atom. The van der Waals surface area contributed by atoms with Gasteiger partial charge in [-0.2, -0.15) is 0 Å². The Morgan fingerprint density at radius 2 is 2.13 bits per heavy atom. The van der Waals surface area contributed by atoms with Crippen molar-refractivity contribution in [1.29, 1.82) is 0 Å². The molecule has 7 heteroatoms. The number of non-ortho nitro benzene ring substituents is 1. The number of rotatable bonds is 2. The van der Waals surface area contributed by atoms with E-state index in [1.54, 1.807) is 17.0 Å². The standard InChI is InChI=1S/C16H19BrN2O4/c1-10-8-13(11-6-5-7-12(9-11)19(21)22)18(15(20)23-4)16(2,3)14(10)17/h5-7,9,13H,8H2,1-4H3. The van der Waals surface area contributed by atoms with E-state index in [1.165, 1.54) is 19.2 Å². The van der Waals surface area contributed by atoms with Gasteiger partial charge in [0.2, 0.25) is 0 Å². The maximum Gasteiger partial charge on any atom is 0.410 e. The highest BCUT2D eigenvalue weighted by molar-refractivity contribution is 9.11. The molecule has 1 aromatic rings. The van der Waals surface area contributed by atoms with Gasteiger partial charge in [-0.3, -0.25) is 15.0 Å². The van der Waals surface area contributed by atoms with Crippen LogP contribution in [0.3, 0.4) is 0 Å². The second-order valence-electron chi connectivity index (χ2n) is 6.07. The molecule has 0 fully saturated rings. The Bertz CT molecular complexity index is 684. The van der Waals surface area contributed by atoms with Gasteiger partial charge < -0.3 is 4.74 Å². The highest BCUT2D eigenvalue weighted by Crippen LogP contribution is 2.46. The van der Waals surface area contributed by atoms with E-state index < -0.39 is 16.6 Å². The zero-order chi connectivity index (χ0) is 17.4. The Balaban J connectivity index is 2.57. The quantitative estimate of drug-likeness (QED) is 0.555. The van der Waals surface area contributed by atoms with Crippen molar-refractivity contribution in [3.05, 3.63) is 50.0 Å². The van der Waals surface area contributed by atoms with Gasteiger partial charge in [0.25, 0.3) is 5.69 Å². The van der Waals surface area contributed by atoms with Crippen molar-refractivity contribution in [3.8, 4) is 0 Å². The second kappa shape index (κ2) is 6.31. The van der Waals surface area contributed by atoms with Gasteiger partial charge in [0.05, 0.1) is 23.6 Å². The number of methoxy groups -OCH3 is 1. The normalized spacial score (nSPS) is 20.4. The van der Waals surface area contributed by atoms with E-state index in [9.17, 15) is 14.9 Å². The third-order valence-corrected chi connectivity index (χ3v) is 5.81. The van der Waals surface area contributed by atoms with E-state index in [-0.39, 0.29) is 11.7 Å². The van der Waals surface area contributed by atoms with Crippen LogP contribution in [-0.4, -0.2) is 28.6 Å². The first kappa shape index (κ1) is 17.5. The molecule has 1 aliphatic heterocycles. The summed E-state index contributed by atoms with van der Waals surface area (Å²) in [6.45, 7) is 5.83.